The topological polar surface area (TPSA) is 97.5 Å². The van der Waals surface area contributed by atoms with E-state index in [0.29, 0.717) is 16.7 Å². The van der Waals surface area contributed by atoms with Crippen molar-refractivity contribution >= 4 is 17.2 Å². The predicted octanol–water partition coefficient (Wildman–Crippen LogP) is 3.83. The molecule has 0 aliphatic heterocycles. The summed E-state index contributed by atoms with van der Waals surface area (Å²) in [7, 11) is 0. The molecule has 0 amide bonds. The second kappa shape index (κ2) is 6.80. The molecule has 0 unspecified atom stereocenters. The first-order valence-electron chi connectivity index (χ1n) is 8.08. The number of rotatable bonds is 5. The van der Waals surface area contributed by atoms with Gasteiger partial charge in [-0.05, 0) is 49.1 Å². The van der Waals surface area contributed by atoms with Crippen LogP contribution in [0.15, 0.2) is 30.3 Å². The Balaban J connectivity index is 2.03. The van der Waals surface area contributed by atoms with Crippen LogP contribution in [0.25, 0.3) is 16.7 Å². The zero-order valence-electron chi connectivity index (χ0n) is 14.1. The van der Waals surface area contributed by atoms with Gasteiger partial charge >= 0.3 is 6.16 Å². The number of benzene rings is 2. The van der Waals surface area contributed by atoms with Crippen LogP contribution in [0.1, 0.15) is 30.9 Å². The van der Waals surface area contributed by atoms with Crippen molar-refractivity contribution in [2.75, 3.05) is 0 Å². The summed E-state index contributed by atoms with van der Waals surface area (Å²) >= 11 is 0. The van der Waals surface area contributed by atoms with Gasteiger partial charge in [-0.15, -0.1) is 15.0 Å². The van der Waals surface area contributed by atoms with Gasteiger partial charge in [-0.3, -0.25) is 0 Å². The normalized spacial score (nSPS) is 11.0. The molecule has 25 heavy (non-hydrogen) atoms. The fraction of sp³-hybridized carbons (Fsp3) is 0.278. The molecule has 2 aromatic carbocycles. The predicted molar refractivity (Wildman–Crippen MR) is 92.5 cm³/mol. The molecule has 0 fully saturated rings. The van der Waals surface area contributed by atoms with Crippen LogP contribution in [0, 0.1) is 6.92 Å². The summed E-state index contributed by atoms with van der Waals surface area (Å²) in [4.78, 5) is 12.0. The van der Waals surface area contributed by atoms with E-state index in [2.05, 4.69) is 21.9 Å². The Morgan fingerprint density at radius 1 is 1.20 bits per heavy atom. The summed E-state index contributed by atoms with van der Waals surface area (Å²) in [5, 5.41) is 28.0. The highest BCUT2D eigenvalue weighted by Gasteiger charge is 2.14. The Kier molecular flexibility index (Phi) is 4.56. The molecular formula is C18H19N3O4. The third kappa shape index (κ3) is 3.55. The molecule has 0 aliphatic rings. The van der Waals surface area contributed by atoms with Gasteiger partial charge in [0.15, 0.2) is 0 Å². The molecule has 7 nitrogen and oxygen atoms in total. The molecule has 0 saturated heterocycles. The lowest BCUT2D eigenvalue weighted by Gasteiger charge is -2.10. The number of unbranched alkanes of at least 4 members (excludes halogenated alkanes) is 1. The standard InChI is InChI=1S/C18H19N3O4/c1-3-4-5-12-8-11(2)9-16(17(12)22)21-19-14-7-6-13(25-18(23)24)10-15(14)20-21/h6-10,22H,3-5H2,1-2H3,(H,23,24). The molecule has 0 saturated carbocycles. The number of carbonyl (C=O) groups is 1. The maximum absolute atomic E-state index is 10.6. The van der Waals surface area contributed by atoms with E-state index < -0.39 is 6.16 Å². The Morgan fingerprint density at radius 3 is 2.68 bits per heavy atom. The number of aromatic hydroxyl groups is 1. The highest BCUT2D eigenvalue weighted by molar-refractivity contribution is 5.77. The zero-order valence-corrected chi connectivity index (χ0v) is 14.1. The van der Waals surface area contributed by atoms with Crippen LogP contribution < -0.4 is 4.74 Å². The van der Waals surface area contributed by atoms with Crippen molar-refractivity contribution in [1.82, 2.24) is 15.0 Å². The molecule has 1 aromatic heterocycles. The molecule has 3 aromatic rings. The number of phenolic OH excluding ortho intramolecular Hbond substituents is 1. The zero-order chi connectivity index (χ0) is 18.0. The number of phenols is 1. The van der Waals surface area contributed by atoms with Crippen molar-refractivity contribution in [3.8, 4) is 17.2 Å². The van der Waals surface area contributed by atoms with Crippen molar-refractivity contribution in [3.05, 3.63) is 41.5 Å². The monoisotopic (exact) mass is 341 g/mol. The van der Waals surface area contributed by atoms with Crippen molar-refractivity contribution in [2.45, 2.75) is 33.1 Å². The van der Waals surface area contributed by atoms with Crippen LogP contribution in [-0.4, -0.2) is 31.4 Å². The van der Waals surface area contributed by atoms with E-state index in [1.165, 1.54) is 16.9 Å². The van der Waals surface area contributed by atoms with Gasteiger partial charge in [0.25, 0.3) is 0 Å². The fourth-order valence-corrected chi connectivity index (χ4v) is 2.71. The lowest BCUT2D eigenvalue weighted by Crippen LogP contribution is -2.02. The fourth-order valence-electron chi connectivity index (χ4n) is 2.71. The van der Waals surface area contributed by atoms with Gasteiger partial charge in [-0.2, -0.15) is 0 Å². The Morgan fingerprint density at radius 2 is 1.96 bits per heavy atom. The van der Waals surface area contributed by atoms with E-state index in [4.69, 9.17) is 5.11 Å². The number of nitrogens with zero attached hydrogens (tertiary/aromatic N) is 3. The van der Waals surface area contributed by atoms with Gasteiger partial charge in [0.05, 0.1) is 0 Å². The van der Waals surface area contributed by atoms with Crippen LogP contribution in [0.3, 0.4) is 0 Å². The maximum Gasteiger partial charge on any atom is 0.511 e. The Labute approximate surface area is 144 Å². The Hall–Kier alpha value is -3.09. The van der Waals surface area contributed by atoms with Crippen molar-refractivity contribution < 1.29 is 19.7 Å². The van der Waals surface area contributed by atoms with E-state index in [0.717, 1.165) is 30.4 Å². The minimum Gasteiger partial charge on any atom is -0.505 e. The van der Waals surface area contributed by atoms with Crippen LogP contribution in [-0.2, 0) is 6.42 Å². The van der Waals surface area contributed by atoms with Crippen molar-refractivity contribution in [3.63, 3.8) is 0 Å². The second-order valence-corrected chi connectivity index (χ2v) is 5.90. The number of fused-ring (bicyclic) bond motifs is 1. The molecule has 3 rings (SSSR count). The minimum atomic E-state index is -1.39. The molecular weight excluding hydrogens is 322 g/mol. The molecule has 7 heteroatoms. The van der Waals surface area contributed by atoms with Crippen LogP contribution in [0.2, 0.25) is 0 Å². The summed E-state index contributed by atoms with van der Waals surface area (Å²) in [6.07, 6.45) is 1.43. The lowest BCUT2D eigenvalue weighted by atomic mass is 10.0. The van der Waals surface area contributed by atoms with Crippen LogP contribution >= 0.6 is 0 Å². The largest absolute Gasteiger partial charge is 0.511 e. The van der Waals surface area contributed by atoms with E-state index in [9.17, 15) is 9.90 Å². The molecule has 0 aliphatic carbocycles. The van der Waals surface area contributed by atoms with E-state index in [-0.39, 0.29) is 11.5 Å². The highest BCUT2D eigenvalue weighted by atomic mass is 16.7. The van der Waals surface area contributed by atoms with Crippen LogP contribution in [0.4, 0.5) is 4.79 Å². The first-order chi connectivity index (χ1) is 12.0. The summed E-state index contributed by atoms with van der Waals surface area (Å²) in [5.41, 5.74) is 3.44. The third-order valence-electron chi connectivity index (χ3n) is 3.89. The molecule has 1 heterocycles. The number of ether oxygens (including phenoxy) is 1. The van der Waals surface area contributed by atoms with Crippen molar-refractivity contribution in [2.24, 2.45) is 0 Å². The molecule has 0 atom stereocenters. The maximum atomic E-state index is 10.6. The summed E-state index contributed by atoms with van der Waals surface area (Å²) in [6, 6.07) is 8.42. The highest BCUT2D eigenvalue weighted by Crippen LogP contribution is 2.29. The van der Waals surface area contributed by atoms with Gasteiger partial charge in [0, 0.05) is 6.07 Å². The van der Waals surface area contributed by atoms with E-state index in [1.54, 1.807) is 6.07 Å². The van der Waals surface area contributed by atoms with Gasteiger partial charge in [0.2, 0.25) is 0 Å². The van der Waals surface area contributed by atoms with Gasteiger partial charge in [-0.25, -0.2) is 4.79 Å². The average Bonchev–Trinajstić information content (AvgIpc) is 2.97. The summed E-state index contributed by atoms with van der Waals surface area (Å²) in [6.45, 7) is 4.06. The van der Waals surface area contributed by atoms with E-state index in [1.807, 2.05) is 19.1 Å². The molecule has 0 spiro atoms. The second-order valence-electron chi connectivity index (χ2n) is 5.90. The van der Waals surface area contributed by atoms with Crippen molar-refractivity contribution in [1.29, 1.82) is 0 Å². The molecule has 2 N–H and O–H groups in total. The van der Waals surface area contributed by atoms with Crippen LogP contribution in [0.5, 0.6) is 11.5 Å². The SMILES string of the molecule is CCCCc1cc(C)cc(-n2nc3ccc(OC(=O)O)cc3n2)c1O. The number of carboxylic acid groups (broad SMARTS) is 1. The third-order valence-corrected chi connectivity index (χ3v) is 3.89. The van der Waals surface area contributed by atoms with E-state index >= 15 is 0 Å². The number of hydrogen-bond acceptors (Lipinski definition) is 5. The van der Waals surface area contributed by atoms with Gasteiger partial charge < -0.3 is 14.9 Å². The Bertz CT molecular complexity index is 933. The number of hydrogen-bond donors (Lipinski definition) is 2. The molecule has 0 bridgehead atoms. The first kappa shape index (κ1) is 16.8. The smallest absolute Gasteiger partial charge is 0.505 e. The lowest BCUT2D eigenvalue weighted by molar-refractivity contribution is 0.144. The first-order valence-corrected chi connectivity index (χ1v) is 8.08. The number of aryl methyl sites for hydroxylation is 2. The molecule has 0 radical (unpaired) electrons. The molecule has 130 valence electrons. The summed E-state index contributed by atoms with van der Waals surface area (Å²) < 4.78 is 4.63. The quantitative estimate of drug-likeness (QED) is 0.540. The number of aromatic nitrogens is 3. The minimum absolute atomic E-state index is 0.168. The average molecular weight is 341 g/mol. The van der Waals surface area contributed by atoms with Gasteiger partial charge in [-0.1, -0.05) is 19.4 Å². The summed E-state index contributed by atoms with van der Waals surface area (Å²) in [5.74, 6) is 0.338. The van der Waals surface area contributed by atoms with Gasteiger partial charge in [0.1, 0.15) is 28.2 Å².